The van der Waals surface area contributed by atoms with Crippen molar-refractivity contribution < 1.29 is 0 Å². The Labute approximate surface area is 277 Å². The lowest BCUT2D eigenvalue weighted by molar-refractivity contribution is 0.341. The molecule has 7 aromatic carbocycles. The molecule has 2 atom stereocenters. The number of rotatable bonds is 4. The van der Waals surface area contributed by atoms with Gasteiger partial charge in [0.1, 0.15) is 12.0 Å². The summed E-state index contributed by atoms with van der Waals surface area (Å²) in [6.45, 7) is 0. The van der Waals surface area contributed by atoms with Crippen LogP contribution in [0.25, 0.3) is 60.1 Å². The quantitative estimate of drug-likeness (QED) is 0.207. The van der Waals surface area contributed by atoms with Crippen LogP contribution in [0.3, 0.4) is 0 Å². The maximum atomic E-state index is 5.46. The molecule has 0 saturated heterocycles. The normalized spacial score (nSPS) is 16.5. The summed E-state index contributed by atoms with van der Waals surface area (Å²) in [5, 5.41) is 15.1. The maximum absolute atomic E-state index is 5.46. The van der Waals surface area contributed by atoms with E-state index in [9.17, 15) is 0 Å². The number of fused-ring (bicyclic) bond motifs is 10. The van der Waals surface area contributed by atoms with Gasteiger partial charge < -0.3 is 14.5 Å². The highest BCUT2D eigenvalue weighted by Crippen LogP contribution is 2.46. The Morgan fingerprint density at radius 1 is 0.479 bits per heavy atom. The van der Waals surface area contributed by atoms with Gasteiger partial charge in [0.2, 0.25) is 0 Å². The summed E-state index contributed by atoms with van der Waals surface area (Å²) in [6.07, 6.45) is -0.559. The second-order valence-corrected chi connectivity index (χ2v) is 12.4. The van der Waals surface area contributed by atoms with Gasteiger partial charge in [-0.3, -0.25) is 5.32 Å². The van der Waals surface area contributed by atoms with Gasteiger partial charge in [0.25, 0.3) is 0 Å². The van der Waals surface area contributed by atoms with E-state index in [1.54, 1.807) is 0 Å². The molecule has 0 saturated carbocycles. The Kier molecular flexibility index (Phi) is 6.01. The molecule has 0 spiro atoms. The van der Waals surface area contributed by atoms with Gasteiger partial charge in [-0.1, -0.05) is 140 Å². The van der Waals surface area contributed by atoms with Gasteiger partial charge in [-0.2, -0.15) is 0 Å². The van der Waals surface area contributed by atoms with Crippen LogP contribution in [0.5, 0.6) is 0 Å². The van der Waals surface area contributed by atoms with Crippen LogP contribution < -0.4 is 10.6 Å². The van der Waals surface area contributed by atoms with Crippen LogP contribution in [0.2, 0.25) is 0 Å². The van der Waals surface area contributed by atoms with Crippen LogP contribution in [0.1, 0.15) is 23.6 Å². The van der Waals surface area contributed by atoms with Gasteiger partial charge in [-0.15, -0.1) is 0 Å². The zero-order chi connectivity index (χ0) is 31.6. The molecule has 0 bridgehead atoms. The predicted octanol–water partition coefficient (Wildman–Crippen LogP) is 9.84. The van der Waals surface area contributed by atoms with Crippen LogP contribution in [0.15, 0.2) is 169 Å². The zero-order valence-electron chi connectivity index (χ0n) is 26.1. The van der Waals surface area contributed by atoms with E-state index in [-0.39, 0.29) is 6.17 Å². The van der Waals surface area contributed by atoms with Gasteiger partial charge >= 0.3 is 0 Å². The summed E-state index contributed by atoms with van der Waals surface area (Å²) in [4.78, 5) is 5.46. The topological polar surface area (TPSA) is 46.3 Å². The second kappa shape index (κ2) is 10.7. The Morgan fingerprint density at radius 2 is 1.00 bits per heavy atom. The van der Waals surface area contributed by atoms with Gasteiger partial charge in [-0.05, 0) is 40.6 Å². The first-order chi connectivity index (χ1) is 23.8. The first kappa shape index (κ1) is 27.0. The molecule has 48 heavy (non-hydrogen) atoms. The van der Waals surface area contributed by atoms with Crippen molar-refractivity contribution in [1.29, 1.82) is 0 Å². The van der Waals surface area contributed by atoms with Crippen molar-refractivity contribution in [2.75, 3.05) is 0 Å². The molecule has 1 aliphatic rings. The van der Waals surface area contributed by atoms with Gasteiger partial charge in [-0.25, -0.2) is 4.99 Å². The Bertz CT molecular complexity index is 2670. The molecule has 0 radical (unpaired) electrons. The highest BCUT2D eigenvalue weighted by atomic mass is 15.4. The maximum Gasteiger partial charge on any atom is 0.184 e. The number of amidine groups is 1. The van der Waals surface area contributed by atoms with Crippen molar-refractivity contribution in [3.8, 4) is 5.69 Å². The van der Waals surface area contributed by atoms with Crippen LogP contribution >= 0.6 is 0 Å². The summed E-state index contributed by atoms with van der Waals surface area (Å²) in [6, 6.07) is 58.3. The number of nitrogens with zero attached hydrogens (tertiary/aromatic N) is 3. The molecule has 2 aromatic heterocycles. The van der Waals surface area contributed by atoms with Crippen LogP contribution in [-0.4, -0.2) is 15.0 Å². The number of aliphatic imine (C=N–C) groups is 1. The summed E-state index contributed by atoms with van der Waals surface area (Å²) in [5.41, 5.74) is 8.00. The fourth-order valence-corrected chi connectivity index (χ4v) is 7.76. The third kappa shape index (κ3) is 3.98. The average molecular weight is 618 g/mol. The van der Waals surface area contributed by atoms with Crippen molar-refractivity contribution in [3.63, 3.8) is 0 Å². The summed E-state index contributed by atoms with van der Waals surface area (Å²) < 4.78 is 4.89. The first-order valence-corrected chi connectivity index (χ1v) is 16.5. The van der Waals surface area contributed by atoms with Gasteiger partial charge in [0, 0.05) is 32.8 Å². The fraction of sp³-hybridized carbons (Fsp3) is 0.0465. The van der Waals surface area contributed by atoms with Crippen molar-refractivity contribution in [3.05, 3.63) is 175 Å². The monoisotopic (exact) mass is 617 g/mol. The second-order valence-electron chi connectivity index (χ2n) is 12.4. The molecule has 3 heterocycles. The van der Waals surface area contributed by atoms with Crippen LogP contribution in [0, 0.1) is 0 Å². The average Bonchev–Trinajstić information content (AvgIpc) is 3.70. The molecular formula is C43H31N5. The van der Waals surface area contributed by atoms with Crippen LogP contribution in [-0.2, 0) is 0 Å². The molecular weight excluding hydrogens is 587 g/mol. The van der Waals surface area contributed by atoms with Crippen molar-refractivity contribution in [2.45, 2.75) is 12.5 Å². The molecule has 0 aliphatic carbocycles. The molecule has 5 nitrogen and oxygen atoms in total. The van der Waals surface area contributed by atoms with Gasteiger partial charge in [0.05, 0.1) is 22.1 Å². The number of nitrogens with one attached hydrogen (secondary N) is 2. The van der Waals surface area contributed by atoms with Gasteiger partial charge in [0.15, 0.2) is 6.29 Å². The summed E-state index contributed by atoms with van der Waals surface area (Å²) in [7, 11) is 0. The number of aromatic nitrogens is 2. The zero-order valence-corrected chi connectivity index (χ0v) is 26.1. The van der Waals surface area contributed by atoms with E-state index < -0.39 is 6.29 Å². The summed E-state index contributed by atoms with van der Waals surface area (Å²) >= 11 is 0. The molecule has 0 amide bonds. The van der Waals surface area contributed by atoms with E-state index in [4.69, 9.17) is 4.99 Å². The highest BCUT2D eigenvalue weighted by molar-refractivity contribution is 6.36. The Morgan fingerprint density at radius 3 is 1.69 bits per heavy atom. The van der Waals surface area contributed by atoms with E-state index in [0.29, 0.717) is 0 Å². The SMILES string of the molecule is c1ccc(C2=NC(n3c4ccccc4c4c5ccccc5c5c6ccccc6n(-c6ccccc6)c5c43)NC(c3ccccc3)N2)cc1. The van der Waals surface area contributed by atoms with Crippen molar-refractivity contribution in [1.82, 2.24) is 19.8 Å². The van der Waals surface area contributed by atoms with E-state index in [1.807, 2.05) is 0 Å². The number of hydrogen-bond donors (Lipinski definition) is 2. The minimum absolute atomic E-state index is 0.156. The summed E-state index contributed by atoms with van der Waals surface area (Å²) in [5.74, 6) is 0.861. The smallest absolute Gasteiger partial charge is 0.184 e. The number of para-hydroxylation sites is 3. The van der Waals surface area contributed by atoms with Crippen LogP contribution in [0.4, 0.5) is 0 Å². The van der Waals surface area contributed by atoms with E-state index >= 15 is 0 Å². The van der Waals surface area contributed by atoms with E-state index in [1.165, 1.54) is 43.4 Å². The molecule has 2 N–H and O–H groups in total. The minimum Gasteiger partial charge on any atom is -0.350 e. The fourth-order valence-electron chi connectivity index (χ4n) is 7.76. The first-order valence-electron chi connectivity index (χ1n) is 16.5. The third-order valence-corrected chi connectivity index (χ3v) is 9.76. The predicted molar refractivity (Wildman–Crippen MR) is 199 cm³/mol. The number of hydrogen-bond acceptors (Lipinski definition) is 3. The molecule has 5 heteroatoms. The molecule has 10 rings (SSSR count). The lowest BCUT2D eigenvalue weighted by Crippen LogP contribution is -2.46. The Balaban J connectivity index is 1.40. The molecule has 9 aromatic rings. The third-order valence-electron chi connectivity index (χ3n) is 9.76. The highest BCUT2D eigenvalue weighted by Gasteiger charge is 2.30. The molecule has 0 fully saturated rings. The molecule has 2 unspecified atom stereocenters. The largest absolute Gasteiger partial charge is 0.350 e. The lowest BCUT2D eigenvalue weighted by Gasteiger charge is -2.33. The van der Waals surface area contributed by atoms with Crippen molar-refractivity contribution >= 4 is 60.2 Å². The Hall–Kier alpha value is -6.17. The van der Waals surface area contributed by atoms with Crippen molar-refractivity contribution in [2.24, 2.45) is 4.99 Å². The lowest BCUT2D eigenvalue weighted by atomic mass is 9.98. The standard InChI is InChI=1S/C43H31N5/c1-4-16-28(17-5-1)41-44-42(29-18-6-2-7-19-29)46-43(45-41)48-36-27-15-13-25-34(36)38-32-23-11-10-22-31(32)37-33-24-12-14-26-35(33)47(39(37)40(38)48)30-20-8-3-9-21-30/h1-27,41,43,45H,(H,44,46). The number of benzene rings is 7. The molecule has 1 aliphatic heterocycles. The van der Waals surface area contributed by atoms with E-state index in [0.717, 1.165) is 33.7 Å². The minimum atomic E-state index is -0.402. The molecule has 228 valence electrons. The van der Waals surface area contributed by atoms with E-state index in [2.05, 4.69) is 184 Å².